The van der Waals surface area contributed by atoms with E-state index in [0.29, 0.717) is 11.7 Å². The maximum absolute atomic E-state index is 5.96. The summed E-state index contributed by atoms with van der Waals surface area (Å²) in [4.78, 5) is 6.37. The number of halogens is 1. The Kier molecular flexibility index (Phi) is 4.00. The third kappa shape index (κ3) is 3.01. The minimum Gasteiger partial charge on any atom is -0.378 e. The van der Waals surface area contributed by atoms with E-state index in [0.717, 1.165) is 11.5 Å². The number of anilines is 2. The maximum atomic E-state index is 5.96. The third-order valence-corrected chi connectivity index (χ3v) is 3.52. The van der Waals surface area contributed by atoms with Crippen LogP contribution in [0.3, 0.4) is 0 Å². The van der Waals surface area contributed by atoms with Gasteiger partial charge in [0.1, 0.15) is 11.0 Å². The zero-order valence-corrected chi connectivity index (χ0v) is 12.5. The summed E-state index contributed by atoms with van der Waals surface area (Å²) < 4.78 is 1.87. The summed E-state index contributed by atoms with van der Waals surface area (Å²) in [6, 6.07) is 6.33. The Morgan fingerprint density at radius 3 is 2.68 bits per heavy atom. The Hall–Kier alpha value is -1.68. The minimum absolute atomic E-state index is 0.648. The van der Waals surface area contributed by atoms with E-state index in [9.17, 15) is 0 Å². The van der Waals surface area contributed by atoms with E-state index in [1.54, 1.807) is 6.20 Å². The molecule has 0 fully saturated rings. The Morgan fingerprint density at radius 2 is 2.11 bits per heavy atom. The molecule has 0 aliphatic carbocycles. The van der Waals surface area contributed by atoms with Crippen LogP contribution in [0, 0.1) is 6.92 Å². The lowest BCUT2D eigenvalue weighted by Gasteiger charge is -2.17. The minimum atomic E-state index is 0.648. The molecule has 0 bridgehead atoms. The van der Waals surface area contributed by atoms with Gasteiger partial charge in [-0.3, -0.25) is 0 Å². The van der Waals surface area contributed by atoms with E-state index >= 15 is 0 Å². The Labute approximate surface area is 119 Å². The van der Waals surface area contributed by atoms with Crippen LogP contribution in [0.1, 0.15) is 11.4 Å². The van der Waals surface area contributed by atoms with Gasteiger partial charge in [-0.15, -0.1) is 0 Å². The fourth-order valence-corrected chi connectivity index (χ4v) is 2.12. The molecular weight excluding hydrogens is 260 g/mol. The largest absolute Gasteiger partial charge is 0.378 e. The number of benzene rings is 1. The van der Waals surface area contributed by atoms with Gasteiger partial charge in [-0.2, -0.15) is 0 Å². The lowest BCUT2D eigenvalue weighted by atomic mass is 10.1. The van der Waals surface area contributed by atoms with Crippen molar-refractivity contribution in [2.45, 2.75) is 13.5 Å². The highest BCUT2D eigenvalue weighted by Crippen LogP contribution is 2.23. The highest BCUT2D eigenvalue weighted by atomic mass is 35.5. The van der Waals surface area contributed by atoms with Crippen LogP contribution in [0.25, 0.3) is 0 Å². The number of aromatic nitrogens is 2. The molecule has 102 valence electrons. The molecule has 2 rings (SSSR count). The smallest absolute Gasteiger partial charge is 0.128 e. The number of rotatable bonds is 4. The van der Waals surface area contributed by atoms with Crippen LogP contribution in [0.15, 0.2) is 24.4 Å². The van der Waals surface area contributed by atoms with Gasteiger partial charge in [-0.1, -0.05) is 17.7 Å². The molecule has 1 N–H and O–H groups in total. The fourth-order valence-electron chi connectivity index (χ4n) is 1.97. The first-order valence-electron chi connectivity index (χ1n) is 6.17. The van der Waals surface area contributed by atoms with Crippen molar-refractivity contribution >= 4 is 23.0 Å². The van der Waals surface area contributed by atoms with Gasteiger partial charge in [0.25, 0.3) is 0 Å². The summed E-state index contributed by atoms with van der Waals surface area (Å²) in [5.74, 6) is 0.914. The van der Waals surface area contributed by atoms with Crippen LogP contribution < -0.4 is 10.2 Å². The first-order valence-corrected chi connectivity index (χ1v) is 6.55. The second-order valence-electron chi connectivity index (χ2n) is 4.81. The van der Waals surface area contributed by atoms with E-state index in [-0.39, 0.29) is 0 Å². The number of hydrogen-bond acceptors (Lipinski definition) is 3. The number of aryl methyl sites for hydroxylation is 1. The highest BCUT2D eigenvalue weighted by Gasteiger charge is 2.05. The zero-order chi connectivity index (χ0) is 14.0. The zero-order valence-electron chi connectivity index (χ0n) is 11.7. The van der Waals surface area contributed by atoms with Gasteiger partial charge in [0.2, 0.25) is 0 Å². The molecule has 0 unspecified atom stereocenters. The van der Waals surface area contributed by atoms with Crippen molar-refractivity contribution in [1.29, 1.82) is 0 Å². The van der Waals surface area contributed by atoms with Crippen molar-refractivity contribution in [3.8, 4) is 0 Å². The number of hydrogen-bond donors (Lipinski definition) is 1. The average molecular weight is 279 g/mol. The molecule has 0 aliphatic rings. The molecular formula is C14H19ClN4. The van der Waals surface area contributed by atoms with Crippen molar-refractivity contribution < 1.29 is 0 Å². The molecule has 0 atom stereocenters. The van der Waals surface area contributed by atoms with Gasteiger partial charge >= 0.3 is 0 Å². The first-order chi connectivity index (χ1) is 8.99. The number of nitrogens with one attached hydrogen (secondary N) is 1. The molecule has 1 aromatic heterocycles. The molecule has 1 heterocycles. The molecule has 0 radical (unpaired) electrons. The van der Waals surface area contributed by atoms with Gasteiger partial charge in [-0.05, 0) is 24.6 Å². The van der Waals surface area contributed by atoms with Gasteiger partial charge in [0.05, 0.1) is 12.7 Å². The summed E-state index contributed by atoms with van der Waals surface area (Å²) in [5.41, 5.74) is 3.55. The molecule has 19 heavy (non-hydrogen) atoms. The molecule has 0 saturated carbocycles. The molecule has 0 aliphatic heterocycles. The lowest BCUT2D eigenvalue weighted by Crippen LogP contribution is -2.11. The second kappa shape index (κ2) is 5.53. The second-order valence-corrected chi connectivity index (χ2v) is 5.19. The van der Waals surface area contributed by atoms with Gasteiger partial charge in [0.15, 0.2) is 0 Å². The predicted molar refractivity (Wildman–Crippen MR) is 81.1 cm³/mol. The third-order valence-electron chi connectivity index (χ3n) is 3.17. The van der Waals surface area contributed by atoms with Crippen LogP contribution in [-0.2, 0) is 13.6 Å². The van der Waals surface area contributed by atoms with Gasteiger partial charge in [-0.25, -0.2) is 4.98 Å². The van der Waals surface area contributed by atoms with Crippen LogP contribution in [-0.4, -0.2) is 23.6 Å². The average Bonchev–Trinajstić information content (AvgIpc) is 2.69. The number of nitrogens with zero attached hydrogens (tertiary/aromatic N) is 3. The monoisotopic (exact) mass is 278 g/mol. The van der Waals surface area contributed by atoms with Crippen LogP contribution >= 0.6 is 11.6 Å². The highest BCUT2D eigenvalue weighted by molar-refractivity contribution is 6.29. The van der Waals surface area contributed by atoms with E-state index in [1.165, 1.54) is 11.3 Å². The van der Waals surface area contributed by atoms with Gasteiger partial charge < -0.3 is 14.8 Å². The summed E-state index contributed by atoms with van der Waals surface area (Å²) in [5, 5.41) is 4.02. The first kappa shape index (κ1) is 13.7. The molecule has 4 nitrogen and oxygen atoms in total. The molecule has 0 spiro atoms. The number of imidazole rings is 1. The van der Waals surface area contributed by atoms with Crippen molar-refractivity contribution in [2.75, 3.05) is 24.3 Å². The molecule has 5 heteroatoms. The van der Waals surface area contributed by atoms with Crippen molar-refractivity contribution in [1.82, 2.24) is 9.55 Å². The van der Waals surface area contributed by atoms with Crippen LogP contribution in [0.2, 0.25) is 5.15 Å². The standard InChI is InChI=1S/C14H19ClN4/c1-10-5-6-11(7-12(10)18(2)3)16-9-14-17-8-13(15)19(14)4/h5-8,16H,9H2,1-4H3. The molecule has 0 amide bonds. The molecule has 2 aromatic rings. The SMILES string of the molecule is Cc1ccc(NCc2ncc(Cl)n2C)cc1N(C)C. The molecule has 0 saturated heterocycles. The maximum Gasteiger partial charge on any atom is 0.128 e. The van der Waals surface area contributed by atoms with E-state index in [1.807, 2.05) is 25.7 Å². The van der Waals surface area contributed by atoms with E-state index in [4.69, 9.17) is 11.6 Å². The quantitative estimate of drug-likeness (QED) is 0.933. The Bertz CT molecular complexity index is 575. The van der Waals surface area contributed by atoms with E-state index in [2.05, 4.69) is 40.3 Å². The lowest BCUT2D eigenvalue weighted by molar-refractivity contribution is 0.813. The normalized spacial score (nSPS) is 10.6. The Balaban J connectivity index is 2.12. The summed E-state index contributed by atoms with van der Waals surface area (Å²) in [6.07, 6.45) is 1.67. The van der Waals surface area contributed by atoms with E-state index < -0.39 is 0 Å². The van der Waals surface area contributed by atoms with Crippen molar-refractivity contribution in [2.24, 2.45) is 7.05 Å². The summed E-state index contributed by atoms with van der Waals surface area (Å²) >= 11 is 5.96. The predicted octanol–water partition coefficient (Wildman–Crippen LogP) is 3.06. The van der Waals surface area contributed by atoms with Crippen molar-refractivity contribution in [3.05, 3.63) is 40.9 Å². The summed E-state index contributed by atoms with van der Waals surface area (Å²) in [6.45, 7) is 2.76. The fraction of sp³-hybridized carbons (Fsp3) is 0.357. The molecule has 1 aromatic carbocycles. The summed E-state index contributed by atoms with van der Waals surface area (Å²) in [7, 11) is 6.00. The topological polar surface area (TPSA) is 33.1 Å². The van der Waals surface area contributed by atoms with Gasteiger partial charge in [0, 0.05) is 32.5 Å². The van der Waals surface area contributed by atoms with Crippen molar-refractivity contribution in [3.63, 3.8) is 0 Å². The Morgan fingerprint density at radius 1 is 1.37 bits per heavy atom. The van der Waals surface area contributed by atoms with Crippen LogP contribution in [0.4, 0.5) is 11.4 Å². The van der Waals surface area contributed by atoms with Crippen LogP contribution in [0.5, 0.6) is 0 Å².